The maximum atomic E-state index is 6.17. The number of furan rings is 1. The van der Waals surface area contributed by atoms with Crippen molar-refractivity contribution in [3.05, 3.63) is 83.1 Å². The highest BCUT2D eigenvalue weighted by atomic mass is 35.5. The first-order valence-corrected chi connectivity index (χ1v) is 8.46. The fourth-order valence-corrected chi connectivity index (χ4v) is 2.55. The van der Waals surface area contributed by atoms with Gasteiger partial charge in [-0.05, 0) is 42.0 Å². The van der Waals surface area contributed by atoms with Crippen LogP contribution in [-0.2, 0) is 6.54 Å². The van der Waals surface area contributed by atoms with Gasteiger partial charge in [0.25, 0.3) is 0 Å². The lowest BCUT2D eigenvalue weighted by molar-refractivity contribution is 0.574. The number of nitrogens with one attached hydrogen (secondary N) is 2. The minimum absolute atomic E-state index is 0.443. The summed E-state index contributed by atoms with van der Waals surface area (Å²) in [5.41, 5.74) is 4.75. The summed E-state index contributed by atoms with van der Waals surface area (Å²) in [6.07, 6.45) is 1.57. The predicted molar refractivity (Wildman–Crippen MR) is 106 cm³/mol. The summed E-state index contributed by atoms with van der Waals surface area (Å²) in [6, 6.07) is 21.2. The average Bonchev–Trinajstić information content (AvgIpc) is 3.10. The Morgan fingerprint density at radius 3 is 2.60 bits per heavy atom. The molecular weight excluding hydrogens is 354 g/mol. The molecule has 3 aromatic rings. The fraction of sp³-hybridized carbons (Fsp3) is 0.0526. The third-order valence-corrected chi connectivity index (χ3v) is 3.99. The number of hydrogen-bond acceptors (Lipinski definition) is 3. The molecule has 0 fully saturated rings. The lowest BCUT2D eigenvalue weighted by Crippen LogP contribution is -2.31. The predicted octanol–water partition coefficient (Wildman–Crippen LogP) is 4.60. The van der Waals surface area contributed by atoms with Crippen LogP contribution in [0, 0.1) is 0 Å². The summed E-state index contributed by atoms with van der Waals surface area (Å²) < 4.78 is 5.72. The first-order chi connectivity index (χ1) is 12.2. The van der Waals surface area contributed by atoms with Gasteiger partial charge in [0.05, 0.1) is 11.2 Å². The molecule has 2 aromatic carbocycles. The molecule has 6 heteroatoms. The summed E-state index contributed by atoms with van der Waals surface area (Å²) in [6.45, 7) is 0.638. The molecule has 4 nitrogen and oxygen atoms in total. The lowest BCUT2D eigenvalue weighted by Gasteiger charge is -2.06. The Kier molecular flexibility index (Phi) is 5.82. The van der Waals surface area contributed by atoms with Crippen LogP contribution in [0.4, 0.5) is 0 Å². The average molecular weight is 370 g/mol. The third-order valence-electron chi connectivity index (χ3n) is 3.42. The Labute approximate surface area is 156 Å². The van der Waals surface area contributed by atoms with Crippen molar-refractivity contribution in [2.75, 3.05) is 0 Å². The normalized spacial score (nSPS) is 10.8. The number of thiocarbonyl (C=S) groups is 1. The van der Waals surface area contributed by atoms with Crippen LogP contribution in [0.15, 0.2) is 76.2 Å². The van der Waals surface area contributed by atoms with Gasteiger partial charge < -0.3 is 9.73 Å². The quantitative estimate of drug-likeness (QED) is 0.392. The van der Waals surface area contributed by atoms with Crippen molar-refractivity contribution in [1.29, 1.82) is 0 Å². The summed E-state index contributed by atoms with van der Waals surface area (Å²) in [7, 11) is 0. The zero-order valence-electron chi connectivity index (χ0n) is 13.3. The van der Waals surface area contributed by atoms with Gasteiger partial charge in [-0.15, -0.1) is 0 Å². The molecule has 0 bridgehead atoms. The zero-order valence-corrected chi connectivity index (χ0v) is 14.8. The van der Waals surface area contributed by atoms with E-state index in [1.807, 2.05) is 66.7 Å². The molecular formula is C19H16ClN3OS. The highest BCUT2D eigenvalue weighted by Crippen LogP contribution is 2.28. The summed E-state index contributed by atoms with van der Waals surface area (Å²) >= 11 is 11.4. The van der Waals surface area contributed by atoms with Crippen molar-refractivity contribution >= 4 is 35.1 Å². The van der Waals surface area contributed by atoms with Gasteiger partial charge in [0.15, 0.2) is 5.11 Å². The van der Waals surface area contributed by atoms with Crippen LogP contribution < -0.4 is 10.7 Å². The molecule has 0 saturated heterocycles. The van der Waals surface area contributed by atoms with Crippen LogP contribution in [0.3, 0.4) is 0 Å². The number of halogens is 1. The Morgan fingerprint density at radius 2 is 1.80 bits per heavy atom. The second-order valence-corrected chi connectivity index (χ2v) is 6.04. The van der Waals surface area contributed by atoms with Gasteiger partial charge in [0.2, 0.25) is 0 Å². The Morgan fingerprint density at radius 1 is 1.04 bits per heavy atom. The highest BCUT2D eigenvalue weighted by Gasteiger charge is 2.06. The van der Waals surface area contributed by atoms with E-state index in [-0.39, 0.29) is 0 Å². The smallest absolute Gasteiger partial charge is 0.187 e. The lowest BCUT2D eigenvalue weighted by atomic mass is 10.2. The number of hydrazone groups is 1. The van der Waals surface area contributed by atoms with Gasteiger partial charge >= 0.3 is 0 Å². The minimum atomic E-state index is 0.443. The van der Waals surface area contributed by atoms with Gasteiger partial charge in [-0.3, -0.25) is 5.43 Å². The van der Waals surface area contributed by atoms with Crippen molar-refractivity contribution in [3.8, 4) is 11.3 Å². The Balaban J connectivity index is 1.53. The van der Waals surface area contributed by atoms with Crippen LogP contribution in [-0.4, -0.2) is 11.3 Å². The van der Waals surface area contributed by atoms with E-state index in [4.69, 9.17) is 28.2 Å². The molecule has 1 heterocycles. The van der Waals surface area contributed by atoms with E-state index in [0.29, 0.717) is 28.2 Å². The van der Waals surface area contributed by atoms with Gasteiger partial charge in [0.1, 0.15) is 11.5 Å². The molecule has 0 unspecified atom stereocenters. The molecule has 0 aliphatic carbocycles. The second kappa shape index (κ2) is 8.46. The standard InChI is InChI=1S/C19H16ClN3OS/c20-17-9-5-4-8-16(17)18-11-10-15(24-18)13-22-23-19(25)21-12-14-6-2-1-3-7-14/h1-11,13H,12H2,(H2,21,23,25). The molecule has 2 N–H and O–H groups in total. The molecule has 25 heavy (non-hydrogen) atoms. The van der Waals surface area contributed by atoms with E-state index < -0.39 is 0 Å². The van der Waals surface area contributed by atoms with Gasteiger partial charge in [-0.1, -0.05) is 54.1 Å². The molecule has 1 aromatic heterocycles. The van der Waals surface area contributed by atoms with Gasteiger partial charge in [0, 0.05) is 12.1 Å². The topological polar surface area (TPSA) is 49.6 Å². The molecule has 0 atom stereocenters. The number of hydrogen-bond donors (Lipinski definition) is 2. The van der Waals surface area contributed by atoms with E-state index >= 15 is 0 Å². The van der Waals surface area contributed by atoms with Crippen molar-refractivity contribution in [2.24, 2.45) is 5.10 Å². The Hall–Kier alpha value is -2.63. The van der Waals surface area contributed by atoms with Crippen molar-refractivity contribution < 1.29 is 4.42 Å². The molecule has 0 aliphatic rings. The van der Waals surface area contributed by atoms with E-state index in [9.17, 15) is 0 Å². The van der Waals surface area contributed by atoms with Crippen LogP contribution in [0.2, 0.25) is 5.02 Å². The molecule has 0 spiro atoms. The van der Waals surface area contributed by atoms with Crippen LogP contribution in [0.25, 0.3) is 11.3 Å². The van der Waals surface area contributed by atoms with E-state index in [2.05, 4.69) is 15.8 Å². The molecule has 126 valence electrons. The number of nitrogens with zero attached hydrogens (tertiary/aromatic N) is 1. The molecule has 0 aliphatic heterocycles. The summed E-state index contributed by atoms with van der Waals surface area (Å²) in [5, 5.41) is 8.25. The first kappa shape index (κ1) is 17.2. The molecule has 3 rings (SSSR count). The van der Waals surface area contributed by atoms with Crippen LogP contribution >= 0.6 is 23.8 Å². The molecule has 0 radical (unpaired) electrons. The maximum absolute atomic E-state index is 6.17. The summed E-state index contributed by atoms with van der Waals surface area (Å²) in [4.78, 5) is 0. The minimum Gasteiger partial charge on any atom is -0.455 e. The highest BCUT2D eigenvalue weighted by molar-refractivity contribution is 7.80. The van der Waals surface area contributed by atoms with Crippen molar-refractivity contribution in [3.63, 3.8) is 0 Å². The SMILES string of the molecule is S=C(NCc1ccccc1)NN=Cc1ccc(-c2ccccc2Cl)o1. The summed E-state index contributed by atoms with van der Waals surface area (Å²) in [5.74, 6) is 1.30. The monoisotopic (exact) mass is 369 g/mol. The van der Waals surface area contributed by atoms with Crippen molar-refractivity contribution in [2.45, 2.75) is 6.54 Å². The molecule has 0 saturated carbocycles. The van der Waals surface area contributed by atoms with E-state index in [1.165, 1.54) is 0 Å². The second-order valence-electron chi connectivity index (χ2n) is 5.22. The largest absolute Gasteiger partial charge is 0.455 e. The van der Waals surface area contributed by atoms with E-state index in [0.717, 1.165) is 11.1 Å². The number of rotatable bonds is 5. The maximum Gasteiger partial charge on any atom is 0.187 e. The van der Waals surface area contributed by atoms with E-state index in [1.54, 1.807) is 6.21 Å². The fourth-order valence-electron chi connectivity index (χ4n) is 2.20. The van der Waals surface area contributed by atoms with Gasteiger partial charge in [-0.2, -0.15) is 5.10 Å². The third kappa shape index (κ3) is 4.92. The van der Waals surface area contributed by atoms with Crippen LogP contribution in [0.5, 0.6) is 0 Å². The number of benzene rings is 2. The molecule has 0 amide bonds. The van der Waals surface area contributed by atoms with Gasteiger partial charge in [-0.25, -0.2) is 0 Å². The first-order valence-electron chi connectivity index (χ1n) is 7.68. The van der Waals surface area contributed by atoms with Crippen molar-refractivity contribution in [1.82, 2.24) is 10.7 Å². The zero-order chi connectivity index (χ0) is 17.5. The van der Waals surface area contributed by atoms with Crippen LogP contribution in [0.1, 0.15) is 11.3 Å². The Bertz CT molecular complexity index is 877.